The highest BCUT2D eigenvalue weighted by Crippen LogP contribution is 2.20. The van der Waals surface area contributed by atoms with E-state index in [4.69, 9.17) is 0 Å². The van der Waals surface area contributed by atoms with E-state index in [0.29, 0.717) is 0 Å². The fourth-order valence-corrected chi connectivity index (χ4v) is 2.54. The van der Waals surface area contributed by atoms with E-state index in [1.807, 2.05) is 12.1 Å². The Hall–Kier alpha value is -1.53. The number of benzene rings is 1. The third kappa shape index (κ3) is 3.48. The summed E-state index contributed by atoms with van der Waals surface area (Å²) >= 11 is 4.82. The van der Waals surface area contributed by atoms with E-state index in [0.717, 1.165) is 14.7 Å². The molecular formula is C12H8BrFN2OS. The van der Waals surface area contributed by atoms with Gasteiger partial charge in [-0.25, -0.2) is 9.82 Å². The van der Waals surface area contributed by atoms with Gasteiger partial charge in [0.05, 0.1) is 10.0 Å². The normalized spacial score (nSPS) is 10.8. The topological polar surface area (TPSA) is 41.5 Å². The minimum absolute atomic E-state index is 0.236. The molecule has 0 bridgehead atoms. The molecule has 6 heteroatoms. The Labute approximate surface area is 115 Å². The average molecular weight is 327 g/mol. The summed E-state index contributed by atoms with van der Waals surface area (Å²) in [6, 6.07) is 9.20. The van der Waals surface area contributed by atoms with Crippen LogP contribution in [0.15, 0.2) is 45.3 Å². The first-order chi connectivity index (χ1) is 8.65. The minimum Gasteiger partial charge on any atom is -0.267 e. The molecule has 0 aliphatic heterocycles. The Kier molecular flexibility index (Phi) is 4.22. The van der Waals surface area contributed by atoms with Crippen LogP contribution in [-0.4, -0.2) is 12.1 Å². The molecule has 92 valence electrons. The highest BCUT2D eigenvalue weighted by molar-refractivity contribution is 9.11. The number of hydrogen-bond donors (Lipinski definition) is 1. The van der Waals surface area contributed by atoms with E-state index in [1.54, 1.807) is 0 Å². The zero-order valence-corrected chi connectivity index (χ0v) is 11.5. The van der Waals surface area contributed by atoms with E-state index in [1.165, 1.54) is 35.8 Å². The molecule has 0 aliphatic rings. The van der Waals surface area contributed by atoms with Crippen LogP contribution in [0.2, 0.25) is 0 Å². The van der Waals surface area contributed by atoms with Crippen molar-refractivity contribution in [2.24, 2.45) is 5.10 Å². The predicted octanol–water partition coefficient (Wildman–Crippen LogP) is 3.41. The van der Waals surface area contributed by atoms with Crippen LogP contribution in [0.1, 0.15) is 15.2 Å². The lowest BCUT2D eigenvalue weighted by atomic mass is 10.2. The zero-order chi connectivity index (χ0) is 13.0. The summed E-state index contributed by atoms with van der Waals surface area (Å²) in [7, 11) is 0. The molecule has 1 amide bonds. The lowest BCUT2D eigenvalue weighted by molar-refractivity contribution is 0.0954. The monoisotopic (exact) mass is 326 g/mol. The maximum atomic E-state index is 12.9. The zero-order valence-electron chi connectivity index (χ0n) is 9.06. The molecule has 0 spiro atoms. The molecule has 0 radical (unpaired) electrons. The molecule has 0 saturated heterocycles. The molecule has 0 aliphatic carbocycles. The molecule has 2 aromatic rings. The van der Waals surface area contributed by atoms with Gasteiger partial charge in [0.25, 0.3) is 5.91 Å². The Morgan fingerprint density at radius 2 is 2.22 bits per heavy atom. The molecule has 1 aromatic carbocycles. The van der Waals surface area contributed by atoms with E-state index >= 15 is 0 Å². The Morgan fingerprint density at radius 1 is 1.39 bits per heavy atom. The number of thiophene rings is 1. The van der Waals surface area contributed by atoms with Gasteiger partial charge in [-0.2, -0.15) is 5.10 Å². The van der Waals surface area contributed by atoms with Crippen LogP contribution in [0.3, 0.4) is 0 Å². The van der Waals surface area contributed by atoms with Gasteiger partial charge in [0.2, 0.25) is 0 Å². The number of nitrogens with zero attached hydrogens (tertiary/aromatic N) is 1. The van der Waals surface area contributed by atoms with Crippen molar-refractivity contribution < 1.29 is 9.18 Å². The van der Waals surface area contributed by atoms with Gasteiger partial charge in [0.15, 0.2) is 0 Å². The smallest absolute Gasteiger partial charge is 0.267 e. The standard InChI is InChI=1S/C12H8BrFN2OS/c13-11-5-4-10(18-11)7-15-16-12(17)8-2-1-3-9(14)6-8/h1-7H,(H,16,17)/b15-7+. The van der Waals surface area contributed by atoms with E-state index < -0.39 is 11.7 Å². The SMILES string of the molecule is O=C(N/N=C/c1ccc(Br)s1)c1cccc(F)c1. The number of halogens is 2. The van der Waals surface area contributed by atoms with Crippen LogP contribution in [-0.2, 0) is 0 Å². The van der Waals surface area contributed by atoms with Crippen molar-refractivity contribution in [1.29, 1.82) is 0 Å². The number of hydrogen-bond acceptors (Lipinski definition) is 3. The van der Waals surface area contributed by atoms with Gasteiger partial charge in [-0.05, 0) is 46.3 Å². The molecule has 0 fully saturated rings. The summed E-state index contributed by atoms with van der Waals surface area (Å²) in [6.45, 7) is 0. The average Bonchev–Trinajstić information content (AvgIpc) is 2.75. The summed E-state index contributed by atoms with van der Waals surface area (Å²) in [5.74, 6) is -0.893. The third-order valence-electron chi connectivity index (χ3n) is 2.04. The largest absolute Gasteiger partial charge is 0.271 e. The minimum atomic E-state index is -0.450. The first-order valence-corrected chi connectivity index (χ1v) is 6.60. The maximum Gasteiger partial charge on any atom is 0.271 e. The van der Waals surface area contributed by atoms with Crippen LogP contribution in [0.4, 0.5) is 4.39 Å². The van der Waals surface area contributed by atoms with Crippen molar-refractivity contribution in [1.82, 2.24) is 5.43 Å². The molecule has 0 saturated carbocycles. The van der Waals surface area contributed by atoms with Crippen LogP contribution >= 0.6 is 27.3 Å². The number of carbonyl (C=O) groups is 1. The molecule has 3 nitrogen and oxygen atoms in total. The second-order valence-electron chi connectivity index (χ2n) is 3.35. The number of amides is 1. The van der Waals surface area contributed by atoms with Gasteiger partial charge >= 0.3 is 0 Å². The first-order valence-electron chi connectivity index (χ1n) is 4.99. The number of nitrogens with one attached hydrogen (secondary N) is 1. The number of rotatable bonds is 3. The first kappa shape index (κ1) is 12.9. The van der Waals surface area contributed by atoms with Crippen LogP contribution < -0.4 is 5.43 Å². The third-order valence-corrected chi connectivity index (χ3v) is 3.60. The second kappa shape index (κ2) is 5.88. The summed E-state index contributed by atoms with van der Waals surface area (Å²) in [5, 5.41) is 3.80. The van der Waals surface area contributed by atoms with E-state index in [9.17, 15) is 9.18 Å². The van der Waals surface area contributed by atoms with E-state index in [2.05, 4.69) is 26.5 Å². The van der Waals surface area contributed by atoms with Crippen LogP contribution in [0, 0.1) is 5.82 Å². The highest BCUT2D eigenvalue weighted by atomic mass is 79.9. The van der Waals surface area contributed by atoms with Crippen molar-refractivity contribution >= 4 is 39.4 Å². The van der Waals surface area contributed by atoms with Gasteiger partial charge in [0.1, 0.15) is 5.82 Å². The Bertz CT molecular complexity index is 597. The van der Waals surface area contributed by atoms with Gasteiger partial charge < -0.3 is 0 Å². The van der Waals surface area contributed by atoms with Crippen LogP contribution in [0.5, 0.6) is 0 Å². The van der Waals surface area contributed by atoms with Gasteiger partial charge in [-0.1, -0.05) is 6.07 Å². The molecule has 1 N–H and O–H groups in total. The fraction of sp³-hybridized carbons (Fsp3) is 0. The Morgan fingerprint density at radius 3 is 2.89 bits per heavy atom. The highest BCUT2D eigenvalue weighted by Gasteiger charge is 2.04. The summed E-state index contributed by atoms with van der Waals surface area (Å²) in [5.41, 5.74) is 2.57. The van der Waals surface area contributed by atoms with Crippen molar-refractivity contribution in [2.45, 2.75) is 0 Å². The van der Waals surface area contributed by atoms with Crippen molar-refractivity contribution in [2.75, 3.05) is 0 Å². The fourth-order valence-electron chi connectivity index (χ4n) is 1.25. The lowest BCUT2D eigenvalue weighted by Gasteiger charge is -1.98. The van der Waals surface area contributed by atoms with Gasteiger partial charge in [-0.15, -0.1) is 11.3 Å². The van der Waals surface area contributed by atoms with Crippen molar-refractivity contribution in [3.8, 4) is 0 Å². The lowest BCUT2D eigenvalue weighted by Crippen LogP contribution is -2.17. The quantitative estimate of drug-likeness (QED) is 0.681. The second-order valence-corrected chi connectivity index (χ2v) is 5.85. The summed E-state index contributed by atoms with van der Waals surface area (Å²) in [6.07, 6.45) is 1.53. The Balaban J connectivity index is 1.98. The van der Waals surface area contributed by atoms with Gasteiger partial charge in [0, 0.05) is 10.4 Å². The summed E-state index contributed by atoms with van der Waals surface area (Å²) < 4.78 is 13.9. The molecule has 18 heavy (non-hydrogen) atoms. The molecule has 0 atom stereocenters. The van der Waals surface area contributed by atoms with Crippen LogP contribution in [0.25, 0.3) is 0 Å². The van der Waals surface area contributed by atoms with E-state index in [-0.39, 0.29) is 5.56 Å². The molecular weight excluding hydrogens is 319 g/mol. The van der Waals surface area contributed by atoms with Crippen molar-refractivity contribution in [3.63, 3.8) is 0 Å². The van der Waals surface area contributed by atoms with Gasteiger partial charge in [-0.3, -0.25) is 4.79 Å². The number of carbonyl (C=O) groups excluding carboxylic acids is 1. The molecule has 0 unspecified atom stereocenters. The van der Waals surface area contributed by atoms with Crippen molar-refractivity contribution in [3.05, 3.63) is 56.4 Å². The molecule has 1 heterocycles. The molecule has 2 rings (SSSR count). The number of hydrazone groups is 1. The molecule has 1 aromatic heterocycles. The summed E-state index contributed by atoms with van der Waals surface area (Å²) in [4.78, 5) is 12.5. The maximum absolute atomic E-state index is 12.9. The predicted molar refractivity (Wildman–Crippen MR) is 73.5 cm³/mol.